The lowest BCUT2D eigenvalue weighted by molar-refractivity contribution is -0.130. The van der Waals surface area contributed by atoms with Crippen LogP contribution in [0.5, 0.6) is 0 Å². The van der Waals surface area contributed by atoms with Crippen LogP contribution >= 0.6 is 12.4 Å². The number of rotatable bonds is 2. The molecule has 1 amide bonds. The zero-order valence-electron chi connectivity index (χ0n) is 10.0. The zero-order valence-corrected chi connectivity index (χ0v) is 10.8. The van der Waals surface area contributed by atoms with Gasteiger partial charge in [-0.05, 0) is 31.6 Å². The Morgan fingerprint density at radius 2 is 1.81 bits per heavy atom. The molecule has 0 spiro atoms. The summed E-state index contributed by atoms with van der Waals surface area (Å²) in [4.78, 5) is 13.9. The van der Waals surface area contributed by atoms with Crippen molar-refractivity contribution in [1.82, 2.24) is 4.90 Å². The molecular formula is C12H23ClN2O. The molecule has 1 aliphatic heterocycles. The molecule has 0 bridgehead atoms. The van der Waals surface area contributed by atoms with Gasteiger partial charge in [0.1, 0.15) is 0 Å². The molecule has 2 fully saturated rings. The number of nitrogens with zero attached hydrogens (tertiary/aromatic N) is 1. The minimum atomic E-state index is 0. The van der Waals surface area contributed by atoms with Crippen molar-refractivity contribution in [1.29, 1.82) is 0 Å². The van der Waals surface area contributed by atoms with Crippen LogP contribution in [0.1, 0.15) is 39.0 Å². The molecule has 16 heavy (non-hydrogen) atoms. The molecule has 2 rings (SSSR count). The second-order valence-electron chi connectivity index (χ2n) is 5.28. The lowest BCUT2D eigenvalue weighted by Gasteiger charge is -2.22. The number of carbonyl (C=O) groups is 1. The highest BCUT2D eigenvalue weighted by atomic mass is 35.5. The number of amides is 1. The van der Waals surface area contributed by atoms with Gasteiger partial charge in [-0.3, -0.25) is 4.79 Å². The predicted octanol–water partition coefficient (Wildman–Crippen LogP) is 1.79. The second-order valence-corrected chi connectivity index (χ2v) is 5.28. The van der Waals surface area contributed by atoms with Crippen molar-refractivity contribution in [2.75, 3.05) is 13.1 Å². The largest absolute Gasteiger partial charge is 0.342 e. The van der Waals surface area contributed by atoms with E-state index in [1.807, 2.05) is 11.8 Å². The average Bonchev–Trinajstić information content (AvgIpc) is 2.59. The highest BCUT2D eigenvalue weighted by Crippen LogP contribution is 2.36. The van der Waals surface area contributed by atoms with Crippen molar-refractivity contribution < 1.29 is 4.79 Å². The van der Waals surface area contributed by atoms with Gasteiger partial charge >= 0.3 is 0 Å². The first-order chi connectivity index (χ1) is 7.16. The highest BCUT2D eigenvalue weighted by Gasteiger charge is 2.36. The molecule has 2 aliphatic rings. The lowest BCUT2D eigenvalue weighted by atomic mass is 9.82. The fourth-order valence-corrected chi connectivity index (χ4v) is 3.01. The maximum atomic E-state index is 11.8. The first-order valence-electron chi connectivity index (χ1n) is 6.20. The van der Waals surface area contributed by atoms with E-state index in [-0.39, 0.29) is 24.4 Å². The van der Waals surface area contributed by atoms with Crippen LogP contribution in [0.4, 0.5) is 0 Å². The molecule has 3 atom stereocenters. The van der Waals surface area contributed by atoms with E-state index in [0.717, 1.165) is 24.9 Å². The molecule has 0 radical (unpaired) electrons. The van der Waals surface area contributed by atoms with Crippen molar-refractivity contribution in [3.63, 3.8) is 0 Å². The van der Waals surface area contributed by atoms with Gasteiger partial charge in [0.15, 0.2) is 0 Å². The summed E-state index contributed by atoms with van der Waals surface area (Å²) < 4.78 is 0. The van der Waals surface area contributed by atoms with E-state index in [2.05, 4.69) is 0 Å². The van der Waals surface area contributed by atoms with E-state index in [4.69, 9.17) is 5.73 Å². The maximum Gasteiger partial charge on any atom is 0.224 e. The fraction of sp³-hybridized carbons (Fsp3) is 0.917. The molecule has 94 valence electrons. The van der Waals surface area contributed by atoms with E-state index < -0.39 is 0 Å². The zero-order chi connectivity index (χ0) is 10.8. The molecule has 1 heterocycles. The number of hydrogen-bond donors (Lipinski definition) is 1. The van der Waals surface area contributed by atoms with Gasteiger partial charge in [0.05, 0.1) is 0 Å². The summed E-state index contributed by atoms with van der Waals surface area (Å²) in [7, 11) is 0. The maximum absolute atomic E-state index is 11.8. The molecule has 1 saturated heterocycles. The van der Waals surface area contributed by atoms with E-state index >= 15 is 0 Å². The summed E-state index contributed by atoms with van der Waals surface area (Å²) in [5, 5.41) is 0. The van der Waals surface area contributed by atoms with Crippen LogP contribution in [0, 0.1) is 11.8 Å². The molecule has 0 aromatic rings. The van der Waals surface area contributed by atoms with Gasteiger partial charge in [-0.15, -0.1) is 12.4 Å². The van der Waals surface area contributed by atoms with Crippen molar-refractivity contribution in [2.24, 2.45) is 17.6 Å². The van der Waals surface area contributed by atoms with Crippen LogP contribution in [-0.2, 0) is 4.79 Å². The van der Waals surface area contributed by atoms with Gasteiger partial charge < -0.3 is 10.6 Å². The topological polar surface area (TPSA) is 46.3 Å². The number of hydrogen-bond acceptors (Lipinski definition) is 2. The van der Waals surface area contributed by atoms with Gasteiger partial charge in [0.25, 0.3) is 0 Å². The van der Waals surface area contributed by atoms with Gasteiger partial charge in [-0.1, -0.05) is 12.8 Å². The number of likely N-dealkylation sites (tertiary alicyclic amines) is 1. The molecule has 2 N–H and O–H groups in total. The summed E-state index contributed by atoms with van der Waals surface area (Å²) in [6, 6.07) is 0.000119. The molecule has 4 heteroatoms. The average molecular weight is 247 g/mol. The normalized spacial score (nSPS) is 30.5. The quantitative estimate of drug-likeness (QED) is 0.808. The summed E-state index contributed by atoms with van der Waals surface area (Å²) in [6.45, 7) is 3.90. The minimum Gasteiger partial charge on any atom is -0.342 e. The molecule has 0 aromatic carbocycles. The fourth-order valence-electron chi connectivity index (χ4n) is 3.01. The monoisotopic (exact) mass is 246 g/mol. The minimum absolute atomic E-state index is 0. The first kappa shape index (κ1) is 13.8. The Hall–Kier alpha value is -0.280. The van der Waals surface area contributed by atoms with Crippen LogP contribution in [0.15, 0.2) is 0 Å². The van der Waals surface area contributed by atoms with Gasteiger partial charge in [0.2, 0.25) is 5.91 Å². The van der Waals surface area contributed by atoms with Crippen LogP contribution in [0.3, 0.4) is 0 Å². The Morgan fingerprint density at radius 3 is 2.25 bits per heavy atom. The van der Waals surface area contributed by atoms with Crippen LogP contribution < -0.4 is 5.73 Å². The van der Waals surface area contributed by atoms with Gasteiger partial charge in [-0.2, -0.15) is 0 Å². The number of nitrogens with two attached hydrogens (primary N) is 1. The second kappa shape index (κ2) is 5.87. The summed E-state index contributed by atoms with van der Waals surface area (Å²) in [6.07, 6.45) is 5.88. The molecule has 3 unspecified atom stereocenters. The third-order valence-electron chi connectivity index (χ3n) is 3.83. The Bertz CT molecular complexity index is 231. The Kier molecular flexibility index (Phi) is 5.06. The van der Waals surface area contributed by atoms with Crippen LogP contribution in [0.2, 0.25) is 0 Å². The van der Waals surface area contributed by atoms with Gasteiger partial charge in [-0.25, -0.2) is 0 Å². The molecule has 0 aromatic heterocycles. The van der Waals surface area contributed by atoms with Crippen molar-refractivity contribution in [3.8, 4) is 0 Å². The Labute approximate surface area is 104 Å². The number of carbonyl (C=O) groups excluding carboxylic acids is 1. The summed E-state index contributed by atoms with van der Waals surface area (Å²) in [5.41, 5.74) is 5.66. The Morgan fingerprint density at radius 1 is 1.31 bits per heavy atom. The van der Waals surface area contributed by atoms with Crippen molar-refractivity contribution >= 4 is 18.3 Å². The standard InChI is InChI=1S/C12H22N2O.ClH/c1-9(13)6-12(15)14-7-10-4-2-3-5-11(10)8-14;/h9-11H,2-8,13H2,1H3;1H. The van der Waals surface area contributed by atoms with Crippen molar-refractivity contribution in [2.45, 2.75) is 45.1 Å². The summed E-state index contributed by atoms with van der Waals surface area (Å²) >= 11 is 0. The Balaban J connectivity index is 0.00000128. The van der Waals surface area contributed by atoms with E-state index in [1.54, 1.807) is 0 Å². The molecule has 1 saturated carbocycles. The lowest BCUT2D eigenvalue weighted by Crippen LogP contribution is -2.33. The number of fused-ring (bicyclic) bond motifs is 1. The van der Waals surface area contributed by atoms with Crippen LogP contribution in [0.25, 0.3) is 0 Å². The van der Waals surface area contributed by atoms with E-state index in [0.29, 0.717) is 6.42 Å². The van der Waals surface area contributed by atoms with E-state index in [9.17, 15) is 4.79 Å². The number of halogens is 1. The first-order valence-corrected chi connectivity index (χ1v) is 6.20. The van der Waals surface area contributed by atoms with Crippen molar-refractivity contribution in [3.05, 3.63) is 0 Å². The summed E-state index contributed by atoms with van der Waals surface area (Å²) in [5.74, 6) is 1.84. The SMILES string of the molecule is CC(N)CC(=O)N1CC2CCCCC2C1.Cl. The molecule has 3 nitrogen and oxygen atoms in total. The van der Waals surface area contributed by atoms with Gasteiger partial charge in [0, 0.05) is 25.6 Å². The predicted molar refractivity (Wildman–Crippen MR) is 67.5 cm³/mol. The third-order valence-corrected chi connectivity index (χ3v) is 3.83. The molecular weight excluding hydrogens is 224 g/mol. The smallest absolute Gasteiger partial charge is 0.224 e. The molecule has 1 aliphatic carbocycles. The van der Waals surface area contributed by atoms with E-state index in [1.165, 1.54) is 25.7 Å². The van der Waals surface area contributed by atoms with Crippen LogP contribution in [-0.4, -0.2) is 29.9 Å². The highest BCUT2D eigenvalue weighted by molar-refractivity contribution is 5.85. The third kappa shape index (κ3) is 3.11.